The van der Waals surface area contributed by atoms with Gasteiger partial charge in [-0.15, -0.1) is 0 Å². The van der Waals surface area contributed by atoms with Gasteiger partial charge in [0.1, 0.15) is 5.75 Å². The Morgan fingerprint density at radius 1 is 1.39 bits per heavy atom. The Bertz CT molecular complexity index is 382. The van der Waals surface area contributed by atoms with Gasteiger partial charge in [0.15, 0.2) is 6.61 Å². The zero-order valence-corrected chi connectivity index (χ0v) is 10.8. The number of amides is 1. The lowest BCUT2D eigenvalue weighted by atomic mass is 10.1. The molecule has 0 saturated carbocycles. The van der Waals surface area contributed by atoms with Crippen LogP contribution in [0, 0.1) is 0 Å². The van der Waals surface area contributed by atoms with E-state index in [0.717, 1.165) is 5.56 Å². The van der Waals surface area contributed by atoms with Gasteiger partial charge in [0.2, 0.25) is 0 Å². The molecule has 0 spiro atoms. The van der Waals surface area contributed by atoms with Crippen LogP contribution in [-0.4, -0.2) is 29.8 Å². The van der Waals surface area contributed by atoms with Crippen LogP contribution < -0.4 is 15.8 Å². The first-order valence-corrected chi connectivity index (χ1v) is 5.80. The molecular formula is C13H20N2O3. The maximum atomic E-state index is 10.5. The van der Waals surface area contributed by atoms with Gasteiger partial charge >= 0.3 is 0 Å². The molecule has 0 aliphatic carbocycles. The summed E-state index contributed by atoms with van der Waals surface area (Å²) in [7, 11) is 0. The molecule has 4 N–H and O–H groups in total. The van der Waals surface area contributed by atoms with Gasteiger partial charge in [-0.3, -0.25) is 4.79 Å². The molecular weight excluding hydrogens is 232 g/mol. The predicted octanol–water partition coefficient (Wildman–Crippen LogP) is 0.411. The first kappa shape index (κ1) is 14.5. The van der Waals surface area contributed by atoms with Gasteiger partial charge in [-0.05, 0) is 31.5 Å². The van der Waals surface area contributed by atoms with Gasteiger partial charge in [-0.25, -0.2) is 0 Å². The minimum atomic E-state index is -0.718. The zero-order chi connectivity index (χ0) is 13.6. The fourth-order valence-corrected chi connectivity index (χ4v) is 1.37. The van der Waals surface area contributed by atoms with E-state index < -0.39 is 11.5 Å². The van der Waals surface area contributed by atoms with Crippen LogP contribution >= 0.6 is 0 Å². The third-order valence-corrected chi connectivity index (χ3v) is 2.19. The average molecular weight is 252 g/mol. The number of ether oxygens (including phenoxy) is 1. The highest BCUT2D eigenvalue weighted by atomic mass is 16.5. The molecule has 1 aromatic carbocycles. The molecule has 1 aromatic rings. The fraction of sp³-hybridized carbons (Fsp3) is 0.462. The van der Waals surface area contributed by atoms with E-state index in [-0.39, 0.29) is 6.61 Å². The molecule has 0 bridgehead atoms. The van der Waals surface area contributed by atoms with Crippen molar-refractivity contribution in [3.05, 3.63) is 29.8 Å². The van der Waals surface area contributed by atoms with Gasteiger partial charge in [-0.1, -0.05) is 12.1 Å². The minimum Gasteiger partial charge on any atom is -0.484 e. The van der Waals surface area contributed by atoms with Crippen molar-refractivity contribution in [1.82, 2.24) is 5.32 Å². The summed E-state index contributed by atoms with van der Waals surface area (Å²) in [6.07, 6.45) is 0. The molecule has 0 unspecified atom stereocenters. The van der Waals surface area contributed by atoms with Crippen LogP contribution in [0.25, 0.3) is 0 Å². The summed E-state index contributed by atoms with van der Waals surface area (Å²) in [6, 6.07) is 7.36. The normalized spacial score (nSPS) is 11.3. The second-order valence-corrected chi connectivity index (χ2v) is 4.81. The number of carbonyl (C=O) groups excluding carboxylic acids is 1. The number of nitrogens with one attached hydrogen (secondary N) is 1. The van der Waals surface area contributed by atoms with E-state index in [1.54, 1.807) is 26.0 Å². The van der Waals surface area contributed by atoms with Gasteiger partial charge in [0.25, 0.3) is 5.91 Å². The third kappa shape index (κ3) is 6.22. The fourth-order valence-electron chi connectivity index (χ4n) is 1.37. The number of primary amides is 1. The molecule has 100 valence electrons. The summed E-state index contributed by atoms with van der Waals surface area (Å²) in [4.78, 5) is 10.5. The first-order valence-electron chi connectivity index (χ1n) is 5.80. The number of nitrogens with two attached hydrogens (primary N) is 1. The Kier molecular flexibility index (Phi) is 5.12. The molecule has 5 nitrogen and oxygen atoms in total. The van der Waals surface area contributed by atoms with E-state index in [1.807, 2.05) is 12.1 Å². The summed E-state index contributed by atoms with van der Waals surface area (Å²) in [6.45, 7) is 4.57. The molecule has 0 aliphatic rings. The van der Waals surface area contributed by atoms with Crippen LogP contribution in [-0.2, 0) is 11.3 Å². The van der Waals surface area contributed by atoms with Gasteiger partial charge in [0.05, 0.1) is 5.60 Å². The smallest absolute Gasteiger partial charge is 0.255 e. The van der Waals surface area contributed by atoms with Crippen LogP contribution in [0.3, 0.4) is 0 Å². The number of benzene rings is 1. The van der Waals surface area contributed by atoms with E-state index in [9.17, 15) is 9.90 Å². The third-order valence-electron chi connectivity index (χ3n) is 2.19. The van der Waals surface area contributed by atoms with Gasteiger partial charge in [-0.2, -0.15) is 0 Å². The van der Waals surface area contributed by atoms with Crippen molar-refractivity contribution < 1.29 is 14.6 Å². The SMILES string of the molecule is CC(C)(O)CNCc1ccc(OCC(N)=O)cc1. The summed E-state index contributed by atoms with van der Waals surface area (Å²) < 4.78 is 5.15. The van der Waals surface area contributed by atoms with E-state index in [2.05, 4.69) is 5.32 Å². The van der Waals surface area contributed by atoms with Gasteiger partial charge in [0, 0.05) is 13.1 Å². The van der Waals surface area contributed by atoms with Gasteiger partial charge < -0.3 is 20.9 Å². The maximum Gasteiger partial charge on any atom is 0.255 e. The number of aliphatic hydroxyl groups is 1. The lowest BCUT2D eigenvalue weighted by molar-refractivity contribution is -0.119. The van der Waals surface area contributed by atoms with Crippen LogP contribution in [0.15, 0.2) is 24.3 Å². The topological polar surface area (TPSA) is 84.6 Å². The standard InChI is InChI=1S/C13H20N2O3/c1-13(2,17)9-15-7-10-3-5-11(6-4-10)18-8-12(14)16/h3-6,15,17H,7-9H2,1-2H3,(H2,14,16). The van der Waals surface area contributed by atoms with E-state index in [0.29, 0.717) is 18.8 Å². The zero-order valence-electron chi connectivity index (χ0n) is 10.8. The Morgan fingerprint density at radius 3 is 2.50 bits per heavy atom. The van der Waals surface area contributed by atoms with Crippen molar-refractivity contribution in [2.45, 2.75) is 26.0 Å². The molecule has 0 saturated heterocycles. The van der Waals surface area contributed by atoms with E-state index in [4.69, 9.17) is 10.5 Å². The van der Waals surface area contributed by atoms with Crippen LogP contribution in [0.2, 0.25) is 0 Å². The Balaban J connectivity index is 2.38. The number of hydrogen-bond acceptors (Lipinski definition) is 4. The molecule has 18 heavy (non-hydrogen) atoms. The van der Waals surface area contributed by atoms with Crippen molar-refractivity contribution in [3.63, 3.8) is 0 Å². The van der Waals surface area contributed by atoms with E-state index in [1.165, 1.54) is 0 Å². The largest absolute Gasteiger partial charge is 0.484 e. The highest BCUT2D eigenvalue weighted by Crippen LogP contribution is 2.12. The van der Waals surface area contributed by atoms with Crippen LogP contribution in [0.1, 0.15) is 19.4 Å². The summed E-state index contributed by atoms with van der Waals surface area (Å²) in [5, 5.41) is 12.7. The van der Waals surface area contributed by atoms with Crippen LogP contribution in [0.4, 0.5) is 0 Å². The second kappa shape index (κ2) is 6.37. The summed E-state index contributed by atoms with van der Waals surface area (Å²) >= 11 is 0. The summed E-state index contributed by atoms with van der Waals surface area (Å²) in [5.41, 5.74) is 5.34. The molecule has 0 radical (unpaired) electrons. The lowest BCUT2D eigenvalue weighted by Gasteiger charge is -2.17. The monoisotopic (exact) mass is 252 g/mol. The van der Waals surface area contributed by atoms with Crippen molar-refractivity contribution in [3.8, 4) is 5.75 Å². The molecule has 1 rings (SSSR count). The highest BCUT2D eigenvalue weighted by molar-refractivity contribution is 5.75. The predicted molar refractivity (Wildman–Crippen MR) is 69.1 cm³/mol. The molecule has 0 heterocycles. The molecule has 1 amide bonds. The quantitative estimate of drug-likeness (QED) is 0.656. The van der Waals surface area contributed by atoms with Crippen molar-refractivity contribution in [1.29, 1.82) is 0 Å². The molecule has 5 heteroatoms. The minimum absolute atomic E-state index is 0.115. The molecule has 0 aliphatic heterocycles. The Labute approximate surface area is 107 Å². The highest BCUT2D eigenvalue weighted by Gasteiger charge is 2.10. The number of rotatable bonds is 7. The van der Waals surface area contributed by atoms with Crippen molar-refractivity contribution >= 4 is 5.91 Å². The molecule has 0 aromatic heterocycles. The van der Waals surface area contributed by atoms with Crippen molar-refractivity contribution in [2.75, 3.05) is 13.2 Å². The van der Waals surface area contributed by atoms with Crippen LogP contribution in [0.5, 0.6) is 5.75 Å². The Morgan fingerprint density at radius 2 is 2.00 bits per heavy atom. The van der Waals surface area contributed by atoms with Crippen molar-refractivity contribution in [2.24, 2.45) is 5.73 Å². The lowest BCUT2D eigenvalue weighted by Crippen LogP contribution is -2.34. The number of carbonyl (C=O) groups is 1. The maximum absolute atomic E-state index is 10.5. The van der Waals surface area contributed by atoms with E-state index >= 15 is 0 Å². The first-order chi connectivity index (χ1) is 8.37. The molecule has 0 atom stereocenters. The average Bonchev–Trinajstić information content (AvgIpc) is 2.26. The Hall–Kier alpha value is -1.59. The summed E-state index contributed by atoms with van der Waals surface area (Å²) in [5.74, 6) is 0.117. The second-order valence-electron chi connectivity index (χ2n) is 4.81. The molecule has 0 fully saturated rings. The number of hydrogen-bond donors (Lipinski definition) is 3.